The number of unbranched alkanes of at least 4 members (excludes halogenated alkanes) is 1. The van der Waals surface area contributed by atoms with Gasteiger partial charge in [0.05, 0.1) is 0 Å². The minimum Gasteiger partial charge on any atom is -0.396 e. The highest BCUT2D eigenvalue weighted by atomic mass is 16.5. The van der Waals surface area contributed by atoms with E-state index in [1.165, 1.54) is 0 Å². The molecule has 0 aliphatic heterocycles. The van der Waals surface area contributed by atoms with Gasteiger partial charge in [-0.1, -0.05) is 0 Å². The van der Waals surface area contributed by atoms with E-state index >= 15 is 0 Å². The molecule has 0 saturated carbocycles. The van der Waals surface area contributed by atoms with Gasteiger partial charge in [0.15, 0.2) is 0 Å². The molecule has 1 radical (unpaired) electrons. The van der Waals surface area contributed by atoms with E-state index in [4.69, 9.17) is 15.6 Å². The molecule has 0 aliphatic carbocycles. The predicted octanol–water partition coefficient (Wildman–Crippen LogP) is 0.448. The fraction of sp³-hybridized carbons (Fsp3) is 1.00. The molecule has 0 unspecified atom stereocenters. The quantitative estimate of drug-likeness (QED) is 0.530. The second-order valence-corrected chi connectivity index (χ2v) is 2.15. The molecule has 0 saturated heterocycles. The molecule has 0 atom stereocenters. The first-order valence-corrected chi connectivity index (χ1v) is 3.75. The fourth-order valence-corrected chi connectivity index (χ4v) is 0.592. The third-order valence-electron chi connectivity index (χ3n) is 1.16. The van der Waals surface area contributed by atoms with Gasteiger partial charge in [0.2, 0.25) is 0 Å². The minimum absolute atomic E-state index is 0.252. The summed E-state index contributed by atoms with van der Waals surface area (Å²) in [6.07, 6.45) is 2.56. The zero-order valence-electron chi connectivity index (χ0n) is 6.31. The Bertz CT molecular complexity index is 51.6. The van der Waals surface area contributed by atoms with Gasteiger partial charge in [0, 0.05) is 26.4 Å². The summed E-state index contributed by atoms with van der Waals surface area (Å²) in [6.45, 7) is 2.11. The lowest BCUT2D eigenvalue weighted by Gasteiger charge is -2.00. The molecule has 0 aromatic rings. The van der Waals surface area contributed by atoms with Crippen LogP contribution in [0.3, 0.4) is 0 Å². The molecule has 0 bridgehead atoms. The van der Waals surface area contributed by atoms with E-state index in [-0.39, 0.29) is 6.61 Å². The van der Waals surface area contributed by atoms with Crippen molar-refractivity contribution in [3.05, 3.63) is 0 Å². The molecule has 0 fully saturated rings. The van der Waals surface area contributed by atoms with E-state index in [9.17, 15) is 0 Å². The second-order valence-electron chi connectivity index (χ2n) is 2.15. The molecule has 61 valence electrons. The van der Waals surface area contributed by atoms with Crippen LogP contribution in [-0.2, 0) is 4.74 Å². The molecule has 0 rings (SSSR count). The predicted molar refractivity (Wildman–Crippen MR) is 39.7 cm³/mol. The van der Waals surface area contributed by atoms with E-state index < -0.39 is 0 Å². The first kappa shape index (κ1) is 9.88. The maximum absolute atomic E-state index is 8.38. The Morgan fingerprint density at radius 2 is 1.80 bits per heavy atom. The van der Waals surface area contributed by atoms with Crippen molar-refractivity contribution >= 4 is 0 Å². The molecule has 0 heterocycles. The SMILES string of the molecule is [NH]CCCOCCCCO. The normalized spacial score (nSPS) is 10.2. The highest BCUT2D eigenvalue weighted by Gasteiger charge is 1.87. The van der Waals surface area contributed by atoms with Crippen molar-refractivity contribution in [1.82, 2.24) is 5.73 Å². The Labute approximate surface area is 62.2 Å². The molecule has 0 aromatic heterocycles. The standard InChI is InChI=1S/C7H16NO2/c8-4-3-7-10-6-2-1-5-9/h8-9H,1-7H2. The van der Waals surface area contributed by atoms with Crippen molar-refractivity contribution in [2.75, 3.05) is 26.4 Å². The van der Waals surface area contributed by atoms with Crippen LogP contribution < -0.4 is 5.73 Å². The van der Waals surface area contributed by atoms with Crippen LogP contribution in [0, 0.1) is 0 Å². The third kappa shape index (κ3) is 7.88. The lowest BCUT2D eigenvalue weighted by Crippen LogP contribution is -2.00. The lowest BCUT2D eigenvalue weighted by atomic mass is 10.3. The van der Waals surface area contributed by atoms with E-state index in [2.05, 4.69) is 0 Å². The van der Waals surface area contributed by atoms with Gasteiger partial charge in [-0.05, 0) is 19.3 Å². The number of aliphatic hydroxyl groups is 1. The maximum Gasteiger partial charge on any atom is 0.0478 e. The Balaban J connectivity index is 2.65. The highest BCUT2D eigenvalue weighted by molar-refractivity contribution is 4.38. The van der Waals surface area contributed by atoms with Gasteiger partial charge in [-0.2, -0.15) is 0 Å². The number of aliphatic hydroxyl groups excluding tert-OH is 1. The fourth-order valence-electron chi connectivity index (χ4n) is 0.592. The van der Waals surface area contributed by atoms with Gasteiger partial charge < -0.3 is 9.84 Å². The van der Waals surface area contributed by atoms with Crippen molar-refractivity contribution in [3.8, 4) is 0 Å². The summed E-state index contributed by atoms with van der Waals surface area (Å²) in [5.74, 6) is 0. The number of ether oxygens (including phenoxy) is 1. The topological polar surface area (TPSA) is 53.3 Å². The van der Waals surface area contributed by atoms with Gasteiger partial charge >= 0.3 is 0 Å². The molecular formula is C7H16NO2. The van der Waals surface area contributed by atoms with Crippen LogP contribution in [0.15, 0.2) is 0 Å². The summed E-state index contributed by atoms with van der Waals surface area (Å²) < 4.78 is 5.14. The number of hydrogen-bond acceptors (Lipinski definition) is 2. The average molecular weight is 146 g/mol. The lowest BCUT2D eigenvalue weighted by molar-refractivity contribution is 0.124. The number of hydrogen-bond donors (Lipinski definition) is 1. The zero-order valence-corrected chi connectivity index (χ0v) is 6.31. The Morgan fingerprint density at radius 3 is 2.40 bits per heavy atom. The van der Waals surface area contributed by atoms with Gasteiger partial charge in [-0.3, -0.25) is 5.73 Å². The molecule has 3 heteroatoms. The van der Waals surface area contributed by atoms with Crippen molar-refractivity contribution in [2.24, 2.45) is 0 Å². The molecule has 0 aliphatic rings. The van der Waals surface area contributed by atoms with Crippen molar-refractivity contribution in [1.29, 1.82) is 0 Å². The molecule has 2 N–H and O–H groups in total. The summed E-state index contributed by atoms with van der Waals surface area (Å²) in [4.78, 5) is 0. The van der Waals surface area contributed by atoms with E-state index in [1.54, 1.807) is 0 Å². The Morgan fingerprint density at radius 1 is 1.10 bits per heavy atom. The smallest absolute Gasteiger partial charge is 0.0478 e. The van der Waals surface area contributed by atoms with Gasteiger partial charge in [0.1, 0.15) is 0 Å². The first-order chi connectivity index (χ1) is 4.91. The molecule has 3 nitrogen and oxygen atoms in total. The molecule has 0 amide bonds. The third-order valence-corrected chi connectivity index (χ3v) is 1.16. The van der Waals surface area contributed by atoms with Crippen LogP contribution in [0.5, 0.6) is 0 Å². The van der Waals surface area contributed by atoms with Crippen LogP contribution in [0.25, 0.3) is 0 Å². The van der Waals surface area contributed by atoms with Crippen molar-refractivity contribution in [2.45, 2.75) is 19.3 Å². The molecular weight excluding hydrogens is 130 g/mol. The van der Waals surface area contributed by atoms with Crippen molar-refractivity contribution in [3.63, 3.8) is 0 Å². The summed E-state index contributed by atoms with van der Waals surface area (Å²) in [5, 5.41) is 8.38. The monoisotopic (exact) mass is 146 g/mol. The van der Waals surface area contributed by atoms with E-state index in [0.717, 1.165) is 25.9 Å². The average Bonchev–Trinajstić information content (AvgIpc) is 1.97. The summed E-state index contributed by atoms with van der Waals surface area (Å²) in [6, 6.07) is 0. The number of rotatable bonds is 7. The van der Waals surface area contributed by atoms with Crippen molar-refractivity contribution < 1.29 is 9.84 Å². The minimum atomic E-state index is 0.252. The molecule has 0 spiro atoms. The largest absolute Gasteiger partial charge is 0.396 e. The van der Waals surface area contributed by atoms with Crippen LogP contribution >= 0.6 is 0 Å². The van der Waals surface area contributed by atoms with Crippen LogP contribution in [0.4, 0.5) is 0 Å². The van der Waals surface area contributed by atoms with Crippen LogP contribution in [-0.4, -0.2) is 31.5 Å². The van der Waals surface area contributed by atoms with Crippen LogP contribution in [0.2, 0.25) is 0 Å². The summed E-state index contributed by atoms with van der Waals surface area (Å²) in [5.41, 5.74) is 6.80. The highest BCUT2D eigenvalue weighted by Crippen LogP contribution is 1.89. The zero-order chi connectivity index (χ0) is 7.66. The Hall–Kier alpha value is -0.120. The van der Waals surface area contributed by atoms with E-state index in [0.29, 0.717) is 13.2 Å². The maximum atomic E-state index is 8.38. The van der Waals surface area contributed by atoms with Crippen LogP contribution in [0.1, 0.15) is 19.3 Å². The van der Waals surface area contributed by atoms with Gasteiger partial charge in [-0.15, -0.1) is 0 Å². The number of nitrogens with one attached hydrogen (secondary N) is 1. The summed E-state index contributed by atoms with van der Waals surface area (Å²) in [7, 11) is 0. The van der Waals surface area contributed by atoms with Gasteiger partial charge in [0.25, 0.3) is 0 Å². The van der Waals surface area contributed by atoms with Gasteiger partial charge in [-0.25, -0.2) is 0 Å². The Kier molecular flexibility index (Phi) is 8.77. The molecule has 10 heavy (non-hydrogen) atoms. The second kappa shape index (κ2) is 8.88. The van der Waals surface area contributed by atoms with E-state index in [1.807, 2.05) is 0 Å². The summed E-state index contributed by atoms with van der Waals surface area (Å²) >= 11 is 0. The first-order valence-electron chi connectivity index (χ1n) is 3.75. The molecule has 0 aromatic carbocycles.